The lowest BCUT2D eigenvalue weighted by Gasteiger charge is -2.21. The summed E-state index contributed by atoms with van der Waals surface area (Å²) >= 11 is 0. The van der Waals surface area contributed by atoms with Crippen LogP contribution in [0.1, 0.15) is 37.8 Å². The average Bonchev–Trinajstić information content (AvgIpc) is 2.85. The zero-order chi connectivity index (χ0) is 14.9. The second-order valence-electron chi connectivity index (χ2n) is 5.90. The van der Waals surface area contributed by atoms with Crippen LogP contribution in [0.2, 0.25) is 0 Å². The molecule has 1 aromatic rings. The highest BCUT2D eigenvalue weighted by Crippen LogP contribution is 2.26. The Morgan fingerprint density at radius 1 is 1.48 bits per heavy atom. The SMILES string of the molecule is CC1=NO[C@@](C)(C(=O)NCc2ccc3c(c2)CCCO3)C1. The largest absolute Gasteiger partial charge is 0.493 e. The van der Waals surface area contributed by atoms with E-state index in [1.54, 1.807) is 6.92 Å². The number of ether oxygens (including phenoxy) is 1. The van der Waals surface area contributed by atoms with Gasteiger partial charge in [-0.3, -0.25) is 4.79 Å². The Bertz CT molecular complexity index is 597. The lowest BCUT2D eigenvalue weighted by atomic mass is 9.99. The third-order valence-corrected chi connectivity index (χ3v) is 3.90. The monoisotopic (exact) mass is 288 g/mol. The van der Waals surface area contributed by atoms with Crippen LogP contribution in [0, 0.1) is 0 Å². The van der Waals surface area contributed by atoms with Gasteiger partial charge in [-0.2, -0.15) is 0 Å². The highest BCUT2D eigenvalue weighted by molar-refractivity contribution is 5.94. The fourth-order valence-corrected chi connectivity index (χ4v) is 2.75. The van der Waals surface area contributed by atoms with Crippen LogP contribution in [-0.4, -0.2) is 23.8 Å². The Morgan fingerprint density at radius 3 is 3.10 bits per heavy atom. The van der Waals surface area contributed by atoms with Gasteiger partial charge >= 0.3 is 0 Å². The molecular weight excluding hydrogens is 268 g/mol. The standard InChI is InChI=1S/C16H20N2O3/c1-11-9-16(2,21-18-11)15(19)17-10-12-5-6-14-13(8-12)4-3-7-20-14/h5-6,8H,3-4,7,9-10H2,1-2H3,(H,17,19)/t16-/m1/s1. The van der Waals surface area contributed by atoms with E-state index in [0.717, 1.165) is 36.5 Å². The van der Waals surface area contributed by atoms with E-state index in [4.69, 9.17) is 9.57 Å². The summed E-state index contributed by atoms with van der Waals surface area (Å²) in [6.07, 6.45) is 2.62. The highest BCUT2D eigenvalue weighted by atomic mass is 16.7. The van der Waals surface area contributed by atoms with Crippen molar-refractivity contribution >= 4 is 11.6 Å². The van der Waals surface area contributed by atoms with Crippen molar-refractivity contribution in [1.82, 2.24) is 5.32 Å². The molecule has 0 bridgehead atoms. The summed E-state index contributed by atoms with van der Waals surface area (Å²) < 4.78 is 5.59. The smallest absolute Gasteiger partial charge is 0.267 e. The molecule has 3 rings (SSSR count). The Hall–Kier alpha value is -2.04. The first-order chi connectivity index (χ1) is 10.1. The van der Waals surface area contributed by atoms with E-state index in [0.29, 0.717) is 13.0 Å². The molecule has 1 aromatic carbocycles. The highest BCUT2D eigenvalue weighted by Gasteiger charge is 2.40. The fraction of sp³-hybridized carbons (Fsp3) is 0.500. The Morgan fingerprint density at radius 2 is 2.33 bits per heavy atom. The molecule has 0 aromatic heterocycles. The van der Waals surface area contributed by atoms with Crippen LogP contribution in [0.25, 0.3) is 0 Å². The summed E-state index contributed by atoms with van der Waals surface area (Å²) in [5, 5.41) is 6.79. The van der Waals surface area contributed by atoms with Gasteiger partial charge in [-0.25, -0.2) is 0 Å². The number of carbonyl (C=O) groups is 1. The number of aryl methyl sites for hydroxylation is 1. The summed E-state index contributed by atoms with van der Waals surface area (Å²) in [6, 6.07) is 6.08. The minimum Gasteiger partial charge on any atom is -0.493 e. The summed E-state index contributed by atoms with van der Waals surface area (Å²) in [5.41, 5.74) is 2.27. The minimum atomic E-state index is -0.874. The molecular formula is C16H20N2O3. The predicted molar refractivity (Wildman–Crippen MR) is 79.3 cm³/mol. The molecule has 0 saturated heterocycles. The first kappa shape index (κ1) is 13.9. The van der Waals surface area contributed by atoms with Crippen molar-refractivity contribution in [3.8, 4) is 5.75 Å². The van der Waals surface area contributed by atoms with Gasteiger partial charge in [0.2, 0.25) is 5.60 Å². The Labute approximate surface area is 124 Å². The van der Waals surface area contributed by atoms with Crippen molar-refractivity contribution in [2.24, 2.45) is 5.16 Å². The van der Waals surface area contributed by atoms with Crippen molar-refractivity contribution in [3.63, 3.8) is 0 Å². The second-order valence-corrected chi connectivity index (χ2v) is 5.90. The number of carbonyl (C=O) groups excluding carboxylic acids is 1. The molecule has 2 aliphatic rings. The van der Waals surface area contributed by atoms with E-state index in [2.05, 4.69) is 16.5 Å². The zero-order valence-electron chi connectivity index (χ0n) is 12.4. The van der Waals surface area contributed by atoms with Gasteiger partial charge in [0.25, 0.3) is 5.91 Å². The lowest BCUT2D eigenvalue weighted by Crippen LogP contribution is -2.44. The summed E-state index contributed by atoms with van der Waals surface area (Å²) in [5.74, 6) is 0.837. The van der Waals surface area contributed by atoms with Gasteiger partial charge in [-0.15, -0.1) is 0 Å². The van der Waals surface area contributed by atoms with Crippen LogP contribution < -0.4 is 10.1 Å². The summed E-state index contributed by atoms with van der Waals surface area (Å²) in [4.78, 5) is 17.5. The van der Waals surface area contributed by atoms with Gasteiger partial charge in [0.1, 0.15) is 5.75 Å². The van der Waals surface area contributed by atoms with Crippen molar-refractivity contribution in [2.75, 3.05) is 6.61 Å². The van der Waals surface area contributed by atoms with Gasteiger partial charge in [0, 0.05) is 13.0 Å². The van der Waals surface area contributed by atoms with Crippen LogP contribution in [0.3, 0.4) is 0 Å². The fourth-order valence-electron chi connectivity index (χ4n) is 2.75. The van der Waals surface area contributed by atoms with E-state index >= 15 is 0 Å². The van der Waals surface area contributed by atoms with E-state index in [1.807, 2.05) is 19.1 Å². The van der Waals surface area contributed by atoms with E-state index in [1.165, 1.54) is 5.56 Å². The molecule has 0 aliphatic carbocycles. The van der Waals surface area contributed by atoms with E-state index in [9.17, 15) is 4.79 Å². The topological polar surface area (TPSA) is 59.9 Å². The third-order valence-electron chi connectivity index (χ3n) is 3.90. The Kier molecular flexibility index (Phi) is 3.57. The molecule has 5 heteroatoms. The molecule has 2 aliphatic heterocycles. The minimum absolute atomic E-state index is 0.128. The first-order valence-corrected chi connectivity index (χ1v) is 7.31. The van der Waals surface area contributed by atoms with Gasteiger partial charge in [0.05, 0.1) is 12.3 Å². The molecule has 0 spiro atoms. The predicted octanol–water partition coefficient (Wildman–Crippen LogP) is 2.18. The molecule has 21 heavy (non-hydrogen) atoms. The van der Waals surface area contributed by atoms with Crippen LogP contribution in [0.4, 0.5) is 0 Å². The molecule has 0 radical (unpaired) electrons. The van der Waals surface area contributed by atoms with Crippen LogP contribution in [-0.2, 0) is 22.6 Å². The van der Waals surface area contributed by atoms with Gasteiger partial charge in [0.15, 0.2) is 0 Å². The molecule has 0 unspecified atom stereocenters. The van der Waals surface area contributed by atoms with Gasteiger partial charge in [-0.1, -0.05) is 17.3 Å². The normalized spacial score (nSPS) is 23.6. The van der Waals surface area contributed by atoms with Gasteiger partial charge in [-0.05, 0) is 43.9 Å². The number of hydrogen-bond donors (Lipinski definition) is 1. The zero-order valence-corrected chi connectivity index (χ0v) is 12.4. The van der Waals surface area contributed by atoms with E-state index < -0.39 is 5.60 Å². The number of benzene rings is 1. The lowest BCUT2D eigenvalue weighted by molar-refractivity contribution is -0.141. The maximum atomic E-state index is 12.2. The molecule has 5 nitrogen and oxygen atoms in total. The molecule has 2 heterocycles. The molecule has 1 amide bonds. The maximum Gasteiger partial charge on any atom is 0.267 e. The van der Waals surface area contributed by atoms with Crippen LogP contribution >= 0.6 is 0 Å². The number of hydrogen-bond acceptors (Lipinski definition) is 4. The second kappa shape index (κ2) is 5.39. The summed E-state index contributed by atoms with van der Waals surface area (Å²) in [6.45, 7) is 4.91. The quantitative estimate of drug-likeness (QED) is 0.927. The van der Waals surface area contributed by atoms with Crippen molar-refractivity contribution in [3.05, 3.63) is 29.3 Å². The van der Waals surface area contributed by atoms with Crippen LogP contribution in [0.5, 0.6) is 5.75 Å². The maximum absolute atomic E-state index is 12.2. The van der Waals surface area contributed by atoms with Crippen molar-refractivity contribution < 1.29 is 14.4 Å². The molecule has 112 valence electrons. The molecule has 0 saturated carbocycles. The number of amides is 1. The van der Waals surface area contributed by atoms with Gasteiger partial charge < -0.3 is 14.9 Å². The number of fused-ring (bicyclic) bond motifs is 1. The first-order valence-electron chi connectivity index (χ1n) is 7.31. The number of nitrogens with one attached hydrogen (secondary N) is 1. The average molecular weight is 288 g/mol. The van der Waals surface area contributed by atoms with Crippen molar-refractivity contribution in [2.45, 2.75) is 45.3 Å². The number of rotatable bonds is 3. The number of oxime groups is 1. The number of nitrogens with zero attached hydrogens (tertiary/aromatic N) is 1. The molecule has 1 N–H and O–H groups in total. The molecule has 0 fully saturated rings. The van der Waals surface area contributed by atoms with E-state index in [-0.39, 0.29) is 5.91 Å². The van der Waals surface area contributed by atoms with Crippen molar-refractivity contribution in [1.29, 1.82) is 0 Å². The Balaban J connectivity index is 1.61. The summed E-state index contributed by atoms with van der Waals surface area (Å²) in [7, 11) is 0. The molecule has 1 atom stereocenters. The van der Waals surface area contributed by atoms with Crippen LogP contribution in [0.15, 0.2) is 23.4 Å². The third kappa shape index (κ3) is 2.86.